The van der Waals surface area contributed by atoms with Gasteiger partial charge in [0.05, 0.1) is 0 Å². The molecular weight excluding hydrogens is 256 g/mol. The van der Waals surface area contributed by atoms with Crippen molar-refractivity contribution in [3.05, 3.63) is 0 Å². The Hall–Kier alpha value is -0.0800. The molecule has 4 saturated carbocycles. The lowest BCUT2D eigenvalue weighted by Gasteiger charge is -2.65. The fraction of sp³-hybridized carbons (Fsp3) is 1.00. The summed E-state index contributed by atoms with van der Waals surface area (Å²) in [6.07, 6.45) is 11.8. The summed E-state index contributed by atoms with van der Waals surface area (Å²) >= 11 is 0. The third kappa shape index (κ3) is 3.47. The smallest absolute Gasteiger partial charge is 0.00127 e. The first-order valence-electron chi connectivity index (χ1n) is 9.18. The molecule has 0 aromatic carbocycles. The highest BCUT2D eigenvalue weighted by Crippen LogP contribution is 2.70. The molecule has 2 nitrogen and oxygen atoms in total. The quantitative estimate of drug-likeness (QED) is 0.716. The molecule has 2 unspecified atom stereocenters. The maximum atomic E-state index is 3.71. The van der Waals surface area contributed by atoms with Crippen LogP contribution in [0.2, 0.25) is 0 Å². The number of nitrogens with zero attached hydrogens (tertiary/aromatic N) is 1. The van der Waals surface area contributed by atoms with Crippen LogP contribution in [0.1, 0.15) is 65.2 Å². The molecule has 1 N–H and O–H groups in total. The fourth-order valence-corrected chi connectivity index (χ4v) is 6.96. The molecule has 21 heavy (non-hydrogen) atoms. The van der Waals surface area contributed by atoms with Crippen molar-refractivity contribution in [1.29, 1.82) is 0 Å². The maximum absolute atomic E-state index is 3.71. The lowest BCUT2D eigenvalue weighted by molar-refractivity contribution is -0.147. The Morgan fingerprint density at radius 1 is 0.952 bits per heavy atom. The summed E-state index contributed by atoms with van der Waals surface area (Å²) in [5, 5.41) is 3.71. The third-order valence-electron chi connectivity index (χ3n) is 6.53. The van der Waals surface area contributed by atoms with Gasteiger partial charge in [-0.25, -0.2) is 0 Å². The van der Waals surface area contributed by atoms with E-state index in [2.05, 4.69) is 38.2 Å². The van der Waals surface area contributed by atoms with E-state index in [0.717, 1.165) is 5.92 Å². The van der Waals surface area contributed by atoms with Crippen LogP contribution in [0.25, 0.3) is 0 Å². The van der Waals surface area contributed by atoms with Gasteiger partial charge in [-0.05, 0) is 107 Å². The topological polar surface area (TPSA) is 15.3 Å². The lowest BCUT2D eigenvalue weighted by atomic mass is 9.40. The number of nitrogens with one attached hydrogen (secondary N) is 1. The average molecular weight is 293 g/mol. The standard InChI is InChI=1S/C19H36N2/c1-17-10-16-11-18(2,13-17)15-19(12-16,14-17)6-8-20-7-5-9-21(3)4/h16,20H,5-15H2,1-4H3. The van der Waals surface area contributed by atoms with Gasteiger partial charge in [-0.3, -0.25) is 0 Å². The average Bonchev–Trinajstić information content (AvgIpc) is 2.28. The van der Waals surface area contributed by atoms with E-state index in [4.69, 9.17) is 0 Å². The zero-order chi connectivity index (χ0) is 15.1. The maximum Gasteiger partial charge on any atom is -0.00127 e. The first-order chi connectivity index (χ1) is 9.82. The van der Waals surface area contributed by atoms with Crippen molar-refractivity contribution >= 4 is 0 Å². The Morgan fingerprint density at radius 3 is 2.19 bits per heavy atom. The van der Waals surface area contributed by atoms with Gasteiger partial charge in [0.15, 0.2) is 0 Å². The number of rotatable bonds is 7. The van der Waals surface area contributed by atoms with E-state index in [-0.39, 0.29) is 0 Å². The van der Waals surface area contributed by atoms with Gasteiger partial charge >= 0.3 is 0 Å². The van der Waals surface area contributed by atoms with Gasteiger partial charge in [0.1, 0.15) is 0 Å². The predicted molar refractivity (Wildman–Crippen MR) is 90.5 cm³/mol. The van der Waals surface area contributed by atoms with Crippen LogP contribution in [-0.2, 0) is 0 Å². The van der Waals surface area contributed by atoms with Crippen molar-refractivity contribution < 1.29 is 0 Å². The van der Waals surface area contributed by atoms with Crippen LogP contribution >= 0.6 is 0 Å². The van der Waals surface area contributed by atoms with Crippen molar-refractivity contribution in [2.75, 3.05) is 33.7 Å². The molecule has 4 aliphatic rings. The van der Waals surface area contributed by atoms with Gasteiger partial charge < -0.3 is 10.2 Å². The molecule has 0 saturated heterocycles. The first-order valence-corrected chi connectivity index (χ1v) is 9.18. The lowest BCUT2D eigenvalue weighted by Crippen LogP contribution is -2.55. The minimum Gasteiger partial charge on any atom is -0.317 e. The third-order valence-corrected chi connectivity index (χ3v) is 6.53. The van der Waals surface area contributed by atoms with Gasteiger partial charge in [0.25, 0.3) is 0 Å². The van der Waals surface area contributed by atoms with E-state index in [1.165, 1.54) is 71.0 Å². The molecule has 4 aliphatic carbocycles. The van der Waals surface area contributed by atoms with Crippen LogP contribution in [-0.4, -0.2) is 38.6 Å². The van der Waals surface area contributed by atoms with Crippen LogP contribution in [0.15, 0.2) is 0 Å². The largest absolute Gasteiger partial charge is 0.317 e. The molecule has 0 aromatic rings. The van der Waals surface area contributed by atoms with Gasteiger partial charge in [-0.2, -0.15) is 0 Å². The van der Waals surface area contributed by atoms with Crippen LogP contribution in [0.4, 0.5) is 0 Å². The van der Waals surface area contributed by atoms with E-state index in [1.54, 1.807) is 0 Å². The second kappa shape index (κ2) is 5.53. The second-order valence-electron chi connectivity index (χ2n) is 9.79. The van der Waals surface area contributed by atoms with Crippen LogP contribution in [0.3, 0.4) is 0 Å². The van der Waals surface area contributed by atoms with Gasteiger partial charge in [0, 0.05) is 0 Å². The normalized spacial score (nSPS) is 44.7. The second-order valence-corrected chi connectivity index (χ2v) is 9.79. The Morgan fingerprint density at radius 2 is 1.62 bits per heavy atom. The number of hydrogen-bond donors (Lipinski definition) is 1. The van der Waals surface area contributed by atoms with Crippen LogP contribution < -0.4 is 5.32 Å². The summed E-state index contributed by atoms with van der Waals surface area (Å²) in [5.41, 5.74) is 2.05. The van der Waals surface area contributed by atoms with E-state index in [1.807, 2.05) is 0 Å². The molecule has 0 amide bonds. The summed E-state index contributed by atoms with van der Waals surface area (Å²) in [6, 6.07) is 0. The summed E-state index contributed by atoms with van der Waals surface area (Å²) in [4.78, 5) is 2.28. The molecule has 2 atom stereocenters. The highest BCUT2D eigenvalue weighted by Gasteiger charge is 2.59. The molecule has 0 aromatic heterocycles. The van der Waals surface area contributed by atoms with Crippen molar-refractivity contribution in [3.8, 4) is 0 Å². The zero-order valence-electron chi connectivity index (χ0n) is 14.8. The molecule has 0 radical (unpaired) electrons. The molecule has 0 heterocycles. The minimum atomic E-state index is 0.680. The summed E-state index contributed by atoms with van der Waals surface area (Å²) < 4.78 is 0. The summed E-state index contributed by atoms with van der Waals surface area (Å²) in [6.45, 7) is 8.82. The fourth-order valence-electron chi connectivity index (χ4n) is 6.96. The Kier molecular flexibility index (Phi) is 4.16. The van der Waals surface area contributed by atoms with Crippen molar-refractivity contribution in [2.24, 2.45) is 22.2 Å². The molecule has 4 bridgehead atoms. The molecule has 4 rings (SSSR count). The highest BCUT2D eigenvalue weighted by atomic mass is 15.1. The Balaban J connectivity index is 1.49. The SMILES string of the molecule is CN(C)CCCNCCC12CC3CC(C)(CC(C)(C3)C1)C2. The summed E-state index contributed by atoms with van der Waals surface area (Å²) in [7, 11) is 4.33. The molecule has 122 valence electrons. The van der Waals surface area contributed by atoms with Gasteiger partial charge in [-0.1, -0.05) is 13.8 Å². The van der Waals surface area contributed by atoms with E-state index in [0.29, 0.717) is 16.2 Å². The monoisotopic (exact) mass is 292 g/mol. The summed E-state index contributed by atoms with van der Waals surface area (Å²) in [5.74, 6) is 1.05. The molecular formula is C19H36N2. The van der Waals surface area contributed by atoms with E-state index < -0.39 is 0 Å². The minimum absolute atomic E-state index is 0.680. The van der Waals surface area contributed by atoms with Crippen molar-refractivity contribution in [2.45, 2.75) is 65.2 Å². The molecule has 0 spiro atoms. The zero-order valence-corrected chi connectivity index (χ0v) is 14.8. The Labute approximate surface area is 132 Å². The highest BCUT2D eigenvalue weighted by molar-refractivity contribution is 5.10. The van der Waals surface area contributed by atoms with E-state index in [9.17, 15) is 0 Å². The molecule has 2 heteroatoms. The Bertz CT molecular complexity index is 358. The van der Waals surface area contributed by atoms with Crippen LogP contribution in [0, 0.1) is 22.2 Å². The first kappa shape index (κ1) is 15.8. The molecule has 4 fully saturated rings. The van der Waals surface area contributed by atoms with Gasteiger partial charge in [0.2, 0.25) is 0 Å². The van der Waals surface area contributed by atoms with Crippen LogP contribution in [0.5, 0.6) is 0 Å². The van der Waals surface area contributed by atoms with E-state index >= 15 is 0 Å². The van der Waals surface area contributed by atoms with Gasteiger partial charge in [-0.15, -0.1) is 0 Å². The molecule has 0 aliphatic heterocycles. The van der Waals surface area contributed by atoms with Crippen molar-refractivity contribution in [3.63, 3.8) is 0 Å². The van der Waals surface area contributed by atoms with Crippen molar-refractivity contribution in [1.82, 2.24) is 10.2 Å². The number of hydrogen-bond acceptors (Lipinski definition) is 2. The predicted octanol–water partition coefficient (Wildman–Crippen LogP) is 3.91.